The third-order valence-corrected chi connectivity index (χ3v) is 2.53. The molecule has 10 heavy (non-hydrogen) atoms. The first-order valence-corrected chi connectivity index (χ1v) is 3.63. The Morgan fingerprint density at radius 3 is 3.00 bits per heavy atom. The summed E-state index contributed by atoms with van der Waals surface area (Å²) in [4.78, 5) is 10.4. The molecular formula is C7H10O3. The van der Waals surface area contributed by atoms with Crippen LogP contribution in [0, 0.1) is 11.8 Å². The van der Waals surface area contributed by atoms with Crippen molar-refractivity contribution in [2.75, 3.05) is 6.61 Å². The molecule has 0 aromatic carbocycles. The van der Waals surface area contributed by atoms with Gasteiger partial charge in [0.1, 0.15) is 0 Å². The van der Waals surface area contributed by atoms with E-state index in [0.717, 1.165) is 19.4 Å². The number of carboxylic acid groups (broad SMARTS) is 1. The van der Waals surface area contributed by atoms with Crippen molar-refractivity contribution in [3.05, 3.63) is 0 Å². The minimum absolute atomic E-state index is 0.0532. The van der Waals surface area contributed by atoms with Gasteiger partial charge in [-0.25, -0.2) is 0 Å². The van der Waals surface area contributed by atoms with Gasteiger partial charge in [0.2, 0.25) is 0 Å². The number of carboxylic acids is 1. The zero-order valence-corrected chi connectivity index (χ0v) is 5.62. The number of hydrogen-bond donors (Lipinski definition) is 1. The second-order valence-electron chi connectivity index (χ2n) is 3.06. The molecule has 1 saturated heterocycles. The van der Waals surface area contributed by atoms with Crippen molar-refractivity contribution in [2.24, 2.45) is 11.8 Å². The molecule has 0 aromatic heterocycles. The molecule has 1 N–H and O–H groups in total. The highest BCUT2D eigenvalue weighted by molar-refractivity contribution is 5.72. The van der Waals surface area contributed by atoms with E-state index in [1.807, 2.05) is 0 Å². The maximum absolute atomic E-state index is 10.4. The normalized spacial score (nSPS) is 44.2. The molecule has 3 atom stereocenters. The predicted octanol–water partition coefficient (Wildman–Crippen LogP) is 0.496. The van der Waals surface area contributed by atoms with Crippen LogP contribution < -0.4 is 0 Å². The molecule has 2 rings (SSSR count). The van der Waals surface area contributed by atoms with Gasteiger partial charge in [0.15, 0.2) is 0 Å². The quantitative estimate of drug-likeness (QED) is 0.579. The van der Waals surface area contributed by atoms with Crippen molar-refractivity contribution >= 4 is 5.97 Å². The predicted molar refractivity (Wildman–Crippen MR) is 33.6 cm³/mol. The number of ether oxygens (including phenoxy) is 1. The van der Waals surface area contributed by atoms with E-state index in [0.29, 0.717) is 5.92 Å². The van der Waals surface area contributed by atoms with Gasteiger partial charge >= 0.3 is 5.97 Å². The van der Waals surface area contributed by atoms with Crippen LogP contribution in [0.4, 0.5) is 0 Å². The Morgan fingerprint density at radius 1 is 1.60 bits per heavy atom. The minimum atomic E-state index is -0.692. The fraction of sp³-hybridized carbons (Fsp3) is 0.857. The summed E-state index contributed by atoms with van der Waals surface area (Å²) in [6.07, 6.45) is 1.95. The van der Waals surface area contributed by atoms with Crippen LogP contribution >= 0.6 is 0 Å². The minimum Gasteiger partial charge on any atom is -0.481 e. The van der Waals surface area contributed by atoms with Gasteiger partial charge in [-0.05, 0) is 18.8 Å². The Bertz CT molecular complexity index is 166. The largest absolute Gasteiger partial charge is 0.481 e. The Labute approximate surface area is 59.0 Å². The highest BCUT2D eigenvalue weighted by Gasteiger charge is 2.48. The van der Waals surface area contributed by atoms with Gasteiger partial charge in [0.05, 0.1) is 12.0 Å². The molecular weight excluding hydrogens is 132 g/mol. The van der Waals surface area contributed by atoms with Crippen LogP contribution in [0.2, 0.25) is 0 Å². The number of carbonyl (C=O) groups is 1. The SMILES string of the molecule is O=C(O)C1CC2CCOC21. The lowest BCUT2D eigenvalue weighted by atomic mass is 9.72. The van der Waals surface area contributed by atoms with E-state index in [1.165, 1.54) is 0 Å². The third kappa shape index (κ3) is 0.669. The van der Waals surface area contributed by atoms with Crippen LogP contribution in [0.25, 0.3) is 0 Å². The average molecular weight is 142 g/mol. The maximum Gasteiger partial charge on any atom is 0.309 e. The fourth-order valence-electron chi connectivity index (χ4n) is 1.86. The third-order valence-electron chi connectivity index (χ3n) is 2.53. The number of aliphatic carboxylic acids is 1. The zero-order chi connectivity index (χ0) is 7.14. The van der Waals surface area contributed by atoms with Crippen LogP contribution in [0.3, 0.4) is 0 Å². The Hall–Kier alpha value is -0.570. The van der Waals surface area contributed by atoms with E-state index in [2.05, 4.69) is 0 Å². The zero-order valence-electron chi connectivity index (χ0n) is 5.62. The molecule has 1 aliphatic carbocycles. The first-order valence-electron chi connectivity index (χ1n) is 3.63. The highest BCUT2D eigenvalue weighted by Crippen LogP contribution is 2.43. The molecule has 0 amide bonds. The monoisotopic (exact) mass is 142 g/mol. The first kappa shape index (κ1) is 6.16. The smallest absolute Gasteiger partial charge is 0.309 e. The van der Waals surface area contributed by atoms with E-state index >= 15 is 0 Å². The second kappa shape index (κ2) is 1.95. The fourth-order valence-corrected chi connectivity index (χ4v) is 1.86. The molecule has 0 radical (unpaired) electrons. The Morgan fingerprint density at radius 2 is 2.40 bits per heavy atom. The lowest BCUT2D eigenvalue weighted by Gasteiger charge is -2.35. The summed E-state index contributed by atoms with van der Waals surface area (Å²) in [6, 6.07) is 0. The molecule has 1 heterocycles. The maximum atomic E-state index is 10.4. The van der Waals surface area contributed by atoms with Gasteiger partial charge in [0.25, 0.3) is 0 Å². The highest BCUT2D eigenvalue weighted by atomic mass is 16.5. The molecule has 2 aliphatic rings. The van der Waals surface area contributed by atoms with Crippen LogP contribution in [0.15, 0.2) is 0 Å². The van der Waals surface area contributed by atoms with Crippen molar-refractivity contribution < 1.29 is 14.6 Å². The first-order chi connectivity index (χ1) is 4.79. The van der Waals surface area contributed by atoms with Gasteiger partial charge < -0.3 is 9.84 Å². The van der Waals surface area contributed by atoms with Crippen LogP contribution in [-0.2, 0) is 9.53 Å². The van der Waals surface area contributed by atoms with Crippen molar-refractivity contribution in [1.82, 2.24) is 0 Å². The summed E-state index contributed by atoms with van der Waals surface area (Å²) >= 11 is 0. The van der Waals surface area contributed by atoms with E-state index < -0.39 is 5.97 Å². The van der Waals surface area contributed by atoms with Gasteiger partial charge in [0, 0.05) is 6.61 Å². The van der Waals surface area contributed by atoms with E-state index in [4.69, 9.17) is 9.84 Å². The molecule has 2 fully saturated rings. The van der Waals surface area contributed by atoms with Crippen molar-refractivity contribution in [3.8, 4) is 0 Å². The summed E-state index contributed by atoms with van der Waals surface area (Å²) in [6.45, 7) is 0.763. The summed E-state index contributed by atoms with van der Waals surface area (Å²) < 4.78 is 5.24. The van der Waals surface area contributed by atoms with Crippen molar-refractivity contribution in [3.63, 3.8) is 0 Å². The molecule has 0 spiro atoms. The van der Waals surface area contributed by atoms with Gasteiger partial charge in [-0.1, -0.05) is 0 Å². The second-order valence-corrected chi connectivity index (χ2v) is 3.06. The standard InChI is InChI=1S/C7H10O3/c8-7(9)5-3-4-1-2-10-6(4)5/h4-6H,1-3H2,(H,8,9). The van der Waals surface area contributed by atoms with Crippen molar-refractivity contribution in [1.29, 1.82) is 0 Å². The number of hydrogen-bond acceptors (Lipinski definition) is 2. The van der Waals surface area contributed by atoms with Crippen LogP contribution in [0.5, 0.6) is 0 Å². The molecule has 0 aromatic rings. The van der Waals surface area contributed by atoms with Gasteiger partial charge in [-0.2, -0.15) is 0 Å². The Kier molecular flexibility index (Phi) is 1.20. The molecule has 1 aliphatic heterocycles. The van der Waals surface area contributed by atoms with E-state index in [9.17, 15) is 4.79 Å². The Balaban J connectivity index is 2.00. The number of fused-ring (bicyclic) bond motifs is 1. The molecule has 3 unspecified atom stereocenters. The molecule has 0 bridgehead atoms. The summed E-state index contributed by atoms with van der Waals surface area (Å²) in [5, 5.41) is 8.60. The summed E-state index contributed by atoms with van der Waals surface area (Å²) in [7, 11) is 0. The topological polar surface area (TPSA) is 46.5 Å². The van der Waals surface area contributed by atoms with E-state index in [-0.39, 0.29) is 12.0 Å². The van der Waals surface area contributed by atoms with Crippen LogP contribution in [0.1, 0.15) is 12.8 Å². The van der Waals surface area contributed by atoms with Crippen LogP contribution in [-0.4, -0.2) is 23.8 Å². The summed E-state index contributed by atoms with van der Waals surface area (Å²) in [5.74, 6) is -0.336. The molecule has 1 saturated carbocycles. The van der Waals surface area contributed by atoms with E-state index in [1.54, 1.807) is 0 Å². The molecule has 56 valence electrons. The lowest BCUT2D eigenvalue weighted by molar-refractivity contribution is -0.155. The molecule has 3 nitrogen and oxygen atoms in total. The van der Waals surface area contributed by atoms with Gasteiger partial charge in [-0.15, -0.1) is 0 Å². The number of rotatable bonds is 1. The summed E-state index contributed by atoms with van der Waals surface area (Å²) in [5.41, 5.74) is 0. The van der Waals surface area contributed by atoms with Crippen molar-refractivity contribution in [2.45, 2.75) is 18.9 Å². The van der Waals surface area contributed by atoms with Gasteiger partial charge in [-0.3, -0.25) is 4.79 Å². The lowest BCUT2D eigenvalue weighted by Crippen LogP contribution is -2.43. The molecule has 3 heteroatoms. The average Bonchev–Trinajstić information content (AvgIpc) is 2.11.